The Labute approximate surface area is 124 Å². The number of thiazole rings is 1. The van der Waals surface area contributed by atoms with E-state index in [1.54, 1.807) is 11.3 Å². The average Bonchev–Trinajstić information content (AvgIpc) is 2.82. The molecule has 0 saturated carbocycles. The van der Waals surface area contributed by atoms with Gasteiger partial charge in [0.25, 0.3) is 0 Å². The molecule has 0 spiro atoms. The predicted octanol–water partition coefficient (Wildman–Crippen LogP) is 2.99. The fourth-order valence-corrected chi connectivity index (χ4v) is 2.66. The molecular weight excluding hydrogens is 270 g/mol. The highest BCUT2D eigenvalue weighted by atomic mass is 32.1. The van der Waals surface area contributed by atoms with Crippen LogP contribution in [0, 0.1) is 6.92 Å². The second-order valence-electron chi connectivity index (χ2n) is 5.02. The Kier molecular flexibility index (Phi) is 5.11. The standard InChI is InChI=1S/C15H21N3OS/c1-10(2)19-14-6-4-12(5-7-14)15(18-16)8-13-9-20-11(3)17-13/h4-7,9-10,15,18H,8,16H2,1-3H3. The summed E-state index contributed by atoms with van der Waals surface area (Å²) in [6.07, 6.45) is 0.966. The molecule has 1 atom stereocenters. The predicted molar refractivity (Wildman–Crippen MR) is 82.8 cm³/mol. The first-order valence-corrected chi connectivity index (χ1v) is 7.60. The van der Waals surface area contributed by atoms with Crippen molar-refractivity contribution >= 4 is 11.3 Å². The molecule has 0 aliphatic rings. The molecule has 3 N–H and O–H groups in total. The fraction of sp³-hybridized carbons (Fsp3) is 0.400. The van der Waals surface area contributed by atoms with E-state index in [1.807, 2.05) is 45.0 Å². The van der Waals surface area contributed by atoms with Crippen LogP contribution in [0.25, 0.3) is 0 Å². The lowest BCUT2D eigenvalue weighted by Crippen LogP contribution is -2.29. The topological polar surface area (TPSA) is 60.2 Å². The second kappa shape index (κ2) is 6.83. The van der Waals surface area contributed by atoms with Crippen molar-refractivity contribution < 1.29 is 4.74 Å². The van der Waals surface area contributed by atoms with Gasteiger partial charge in [-0.15, -0.1) is 11.3 Å². The molecule has 1 heterocycles. The summed E-state index contributed by atoms with van der Waals surface area (Å²) in [5.74, 6) is 6.55. The summed E-state index contributed by atoms with van der Waals surface area (Å²) >= 11 is 1.66. The van der Waals surface area contributed by atoms with Gasteiger partial charge in [0.2, 0.25) is 0 Å². The molecule has 0 saturated heterocycles. The maximum Gasteiger partial charge on any atom is 0.119 e. The smallest absolute Gasteiger partial charge is 0.119 e. The lowest BCUT2D eigenvalue weighted by Gasteiger charge is -2.16. The molecule has 1 unspecified atom stereocenters. The largest absolute Gasteiger partial charge is 0.491 e. The highest BCUT2D eigenvalue weighted by Crippen LogP contribution is 2.22. The fourth-order valence-electron chi connectivity index (χ4n) is 2.03. The summed E-state index contributed by atoms with van der Waals surface area (Å²) < 4.78 is 5.64. The van der Waals surface area contributed by atoms with Gasteiger partial charge in [-0.1, -0.05) is 12.1 Å². The Morgan fingerprint density at radius 3 is 2.50 bits per heavy atom. The monoisotopic (exact) mass is 291 g/mol. The van der Waals surface area contributed by atoms with Crippen LogP contribution in [-0.2, 0) is 6.42 Å². The van der Waals surface area contributed by atoms with Gasteiger partial charge in [-0.25, -0.2) is 4.98 Å². The van der Waals surface area contributed by atoms with E-state index in [2.05, 4.69) is 15.8 Å². The van der Waals surface area contributed by atoms with Crippen molar-refractivity contribution in [2.45, 2.75) is 39.3 Å². The maximum absolute atomic E-state index is 5.67. The highest BCUT2D eigenvalue weighted by Gasteiger charge is 2.12. The molecule has 0 amide bonds. The molecule has 0 radical (unpaired) electrons. The zero-order chi connectivity index (χ0) is 14.5. The van der Waals surface area contributed by atoms with Crippen LogP contribution < -0.4 is 16.0 Å². The summed E-state index contributed by atoms with van der Waals surface area (Å²) in [5, 5.41) is 3.16. The molecule has 0 aliphatic heterocycles. The van der Waals surface area contributed by atoms with Crippen LogP contribution in [0.15, 0.2) is 29.6 Å². The molecule has 0 fully saturated rings. The van der Waals surface area contributed by atoms with Crippen LogP contribution >= 0.6 is 11.3 Å². The number of benzene rings is 1. The Bertz CT molecular complexity index is 536. The summed E-state index contributed by atoms with van der Waals surface area (Å²) in [5.41, 5.74) is 5.06. The van der Waals surface area contributed by atoms with Crippen molar-refractivity contribution in [2.24, 2.45) is 5.84 Å². The molecule has 2 aromatic rings. The van der Waals surface area contributed by atoms with E-state index in [-0.39, 0.29) is 12.1 Å². The van der Waals surface area contributed by atoms with Crippen molar-refractivity contribution in [1.82, 2.24) is 10.4 Å². The van der Waals surface area contributed by atoms with Crippen molar-refractivity contribution in [3.05, 3.63) is 45.9 Å². The number of aryl methyl sites for hydroxylation is 1. The summed E-state index contributed by atoms with van der Waals surface area (Å²) in [6, 6.07) is 8.10. The number of nitrogens with one attached hydrogen (secondary N) is 1. The summed E-state index contributed by atoms with van der Waals surface area (Å²) in [6.45, 7) is 6.04. The van der Waals surface area contributed by atoms with Gasteiger partial charge < -0.3 is 4.74 Å². The van der Waals surface area contributed by atoms with Gasteiger partial charge in [0.1, 0.15) is 5.75 Å². The van der Waals surface area contributed by atoms with Crippen LogP contribution in [0.5, 0.6) is 5.75 Å². The van der Waals surface area contributed by atoms with Crippen molar-refractivity contribution in [2.75, 3.05) is 0 Å². The number of hydrogen-bond acceptors (Lipinski definition) is 5. The molecule has 108 valence electrons. The lowest BCUT2D eigenvalue weighted by molar-refractivity contribution is 0.242. The Morgan fingerprint density at radius 1 is 1.30 bits per heavy atom. The third-order valence-electron chi connectivity index (χ3n) is 2.94. The van der Waals surface area contributed by atoms with E-state index in [1.165, 1.54) is 0 Å². The lowest BCUT2D eigenvalue weighted by atomic mass is 10.0. The highest BCUT2D eigenvalue weighted by molar-refractivity contribution is 7.09. The minimum absolute atomic E-state index is 0.0598. The molecule has 1 aromatic carbocycles. The molecule has 0 aliphatic carbocycles. The molecule has 20 heavy (non-hydrogen) atoms. The van der Waals surface area contributed by atoms with Gasteiger partial charge in [-0.05, 0) is 38.5 Å². The van der Waals surface area contributed by atoms with Crippen molar-refractivity contribution in [3.63, 3.8) is 0 Å². The zero-order valence-corrected chi connectivity index (χ0v) is 12.9. The molecule has 0 bridgehead atoms. The van der Waals surface area contributed by atoms with Crippen LogP contribution in [0.1, 0.15) is 36.2 Å². The van der Waals surface area contributed by atoms with Gasteiger partial charge in [-0.2, -0.15) is 0 Å². The van der Waals surface area contributed by atoms with Crippen LogP contribution in [-0.4, -0.2) is 11.1 Å². The number of hydrogen-bond donors (Lipinski definition) is 2. The number of aromatic nitrogens is 1. The van der Waals surface area contributed by atoms with Gasteiger partial charge in [0.15, 0.2) is 0 Å². The van der Waals surface area contributed by atoms with Gasteiger partial charge in [0, 0.05) is 11.8 Å². The molecule has 1 aromatic heterocycles. The van der Waals surface area contributed by atoms with E-state index in [0.717, 1.165) is 28.4 Å². The number of nitrogens with two attached hydrogens (primary N) is 1. The SMILES string of the molecule is Cc1nc(CC(NN)c2ccc(OC(C)C)cc2)cs1. The van der Waals surface area contributed by atoms with E-state index in [4.69, 9.17) is 10.6 Å². The van der Waals surface area contributed by atoms with E-state index >= 15 is 0 Å². The number of ether oxygens (including phenoxy) is 1. The number of hydrazine groups is 1. The zero-order valence-electron chi connectivity index (χ0n) is 12.1. The van der Waals surface area contributed by atoms with Crippen molar-refractivity contribution in [3.8, 4) is 5.75 Å². The number of rotatable bonds is 6. The molecule has 2 rings (SSSR count). The first-order chi connectivity index (χ1) is 9.58. The molecule has 5 heteroatoms. The van der Waals surface area contributed by atoms with Crippen LogP contribution in [0.4, 0.5) is 0 Å². The van der Waals surface area contributed by atoms with Crippen LogP contribution in [0.3, 0.4) is 0 Å². The molecule has 4 nitrogen and oxygen atoms in total. The Morgan fingerprint density at radius 2 is 2.00 bits per heavy atom. The van der Waals surface area contributed by atoms with E-state index < -0.39 is 0 Å². The quantitative estimate of drug-likeness (QED) is 0.634. The van der Waals surface area contributed by atoms with Gasteiger partial charge in [-0.3, -0.25) is 11.3 Å². The average molecular weight is 291 g/mol. The summed E-state index contributed by atoms with van der Waals surface area (Å²) in [4.78, 5) is 4.48. The Hall–Kier alpha value is -1.43. The minimum atomic E-state index is 0.0598. The van der Waals surface area contributed by atoms with Crippen LogP contribution in [0.2, 0.25) is 0 Å². The maximum atomic E-state index is 5.67. The number of nitrogens with zero attached hydrogens (tertiary/aromatic N) is 1. The minimum Gasteiger partial charge on any atom is -0.491 e. The Balaban J connectivity index is 2.07. The first kappa shape index (κ1) is 15.0. The third-order valence-corrected chi connectivity index (χ3v) is 3.76. The third kappa shape index (κ3) is 4.03. The summed E-state index contributed by atoms with van der Waals surface area (Å²) in [7, 11) is 0. The van der Waals surface area contributed by atoms with Crippen molar-refractivity contribution in [1.29, 1.82) is 0 Å². The first-order valence-electron chi connectivity index (χ1n) is 6.72. The molecular formula is C15H21N3OS. The van der Waals surface area contributed by atoms with E-state index in [9.17, 15) is 0 Å². The van der Waals surface area contributed by atoms with E-state index in [0.29, 0.717) is 0 Å². The van der Waals surface area contributed by atoms with Gasteiger partial charge in [0.05, 0.1) is 22.8 Å². The van der Waals surface area contributed by atoms with Gasteiger partial charge >= 0.3 is 0 Å². The normalized spacial score (nSPS) is 12.7. The second-order valence-corrected chi connectivity index (χ2v) is 6.08.